The highest BCUT2D eigenvalue weighted by atomic mass is 35.5. The molecule has 3 rings (SSSR count). The maximum absolute atomic E-state index is 12.7. The molecule has 0 radical (unpaired) electrons. The summed E-state index contributed by atoms with van der Waals surface area (Å²) in [5.41, 5.74) is 0.698. The molecular weight excluding hydrogens is 474 g/mol. The number of rotatable bonds is 8. The SMILES string of the molecule is C[C@H](NS(=O)(=O)c1ccc(Cl)cc1)C(=O)NCc1ccc(S(=O)(=O)N2CCCCC2)cc1. The van der Waals surface area contributed by atoms with Crippen LogP contribution in [0.5, 0.6) is 0 Å². The lowest BCUT2D eigenvalue weighted by atomic mass is 10.2. The number of halogens is 1. The van der Waals surface area contributed by atoms with E-state index in [2.05, 4.69) is 10.0 Å². The van der Waals surface area contributed by atoms with Crippen molar-refractivity contribution in [3.8, 4) is 0 Å². The fourth-order valence-electron chi connectivity index (χ4n) is 3.34. The quantitative estimate of drug-likeness (QED) is 0.579. The highest BCUT2D eigenvalue weighted by Crippen LogP contribution is 2.21. The first-order chi connectivity index (χ1) is 15.1. The molecule has 1 fully saturated rings. The van der Waals surface area contributed by atoms with Gasteiger partial charge >= 0.3 is 0 Å². The number of carbonyl (C=O) groups is 1. The summed E-state index contributed by atoms with van der Waals surface area (Å²) in [4.78, 5) is 12.6. The fraction of sp³-hybridized carbons (Fsp3) is 0.381. The summed E-state index contributed by atoms with van der Waals surface area (Å²) in [5, 5.41) is 3.06. The molecule has 2 N–H and O–H groups in total. The number of amides is 1. The van der Waals surface area contributed by atoms with Gasteiger partial charge in [-0.2, -0.15) is 9.03 Å². The monoisotopic (exact) mass is 499 g/mol. The zero-order chi connectivity index (χ0) is 23.4. The van der Waals surface area contributed by atoms with Crippen LogP contribution in [0.3, 0.4) is 0 Å². The lowest BCUT2D eigenvalue weighted by molar-refractivity contribution is -0.122. The second-order valence-corrected chi connectivity index (χ2v) is 11.7. The summed E-state index contributed by atoms with van der Waals surface area (Å²) in [6, 6.07) is 10.9. The van der Waals surface area contributed by atoms with Gasteiger partial charge in [-0.3, -0.25) is 4.79 Å². The van der Waals surface area contributed by atoms with E-state index >= 15 is 0 Å². The van der Waals surface area contributed by atoms with E-state index in [1.807, 2.05) is 0 Å². The van der Waals surface area contributed by atoms with E-state index in [9.17, 15) is 21.6 Å². The number of benzene rings is 2. The Labute approximate surface area is 194 Å². The summed E-state index contributed by atoms with van der Waals surface area (Å²) in [6.45, 7) is 2.64. The summed E-state index contributed by atoms with van der Waals surface area (Å²) in [6.07, 6.45) is 2.77. The highest BCUT2D eigenvalue weighted by molar-refractivity contribution is 7.89. The van der Waals surface area contributed by atoms with Crippen molar-refractivity contribution < 1.29 is 21.6 Å². The van der Waals surface area contributed by atoms with Gasteiger partial charge in [-0.15, -0.1) is 0 Å². The molecule has 0 aromatic heterocycles. The maximum Gasteiger partial charge on any atom is 0.243 e. The van der Waals surface area contributed by atoms with Crippen LogP contribution in [0.2, 0.25) is 5.02 Å². The Bertz CT molecular complexity index is 1140. The number of nitrogens with one attached hydrogen (secondary N) is 2. The maximum atomic E-state index is 12.7. The van der Waals surface area contributed by atoms with Gasteiger partial charge in [0.2, 0.25) is 26.0 Å². The molecule has 8 nitrogen and oxygen atoms in total. The molecule has 1 heterocycles. The fourth-order valence-corrected chi connectivity index (χ4v) is 6.19. The van der Waals surface area contributed by atoms with Crippen LogP contribution in [0.1, 0.15) is 31.7 Å². The molecule has 2 aromatic carbocycles. The van der Waals surface area contributed by atoms with Gasteiger partial charge in [-0.25, -0.2) is 16.8 Å². The molecule has 0 aliphatic carbocycles. The lowest BCUT2D eigenvalue weighted by Crippen LogP contribution is -2.44. The zero-order valence-corrected chi connectivity index (χ0v) is 20.0. The molecule has 1 atom stereocenters. The molecule has 1 aliphatic heterocycles. The number of nitrogens with zero attached hydrogens (tertiary/aromatic N) is 1. The molecular formula is C21H26ClN3O5S2. The van der Waals surface area contributed by atoms with E-state index in [0.717, 1.165) is 19.3 Å². The van der Waals surface area contributed by atoms with Gasteiger partial charge in [0.05, 0.1) is 15.8 Å². The molecule has 0 unspecified atom stereocenters. The molecule has 1 amide bonds. The highest BCUT2D eigenvalue weighted by Gasteiger charge is 2.26. The van der Waals surface area contributed by atoms with E-state index in [1.165, 1.54) is 47.6 Å². The average molecular weight is 500 g/mol. The predicted octanol–water partition coefficient (Wildman–Crippen LogP) is 2.50. The normalized spacial score (nSPS) is 16.4. The largest absolute Gasteiger partial charge is 0.351 e. The van der Waals surface area contributed by atoms with Gasteiger partial charge < -0.3 is 5.32 Å². The van der Waals surface area contributed by atoms with Crippen molar-refractivity contribution in [2.24, 2.45) is 0 Å². The lowest BCUT2D eigenvalue weighted by Gasteiger charge is -2.25. The molecule has 0 bridgehead atoms. The van der Waals surface area contributed by atoms with Crippen LogP contribution in [0.25, 0.3) is 0 Å². The van der Waals surface area contributed by atoms with Crippen LogP contribution < -0.4 is 10.0 Å². The summed E-state index contributed by atoms with van der Waals surface area (Å²) in [7, 11) is -7.39. The molecule has 2 aromatic rings. The third kappa shape index (κ3) is 6.08. The van der Waals surface area contributed by atoms with Crippen molar-refractivity contribution in [2.45, 2.75) is 48.6 Å². The number of hydrogen-bond acceptors (Lipinski definition) is 5. The second-order valence-electron chi connectivity index (χ2n) is 7.62. The molecule has 1 saturated heterocycles. The number of hydrogen-bond donors (Lipinski definition) is 2. The van der Waals surface area contributed by atoms with Crippen molar-refractivity contribution in [1.29, 1.82) is 0 Å². The Morgan fingerprint density at radius 2 is 1.50 bits per heavy atom. The molecule has 1 aliphatic rings. The van der Waals surface area contributed by atoms with E-state index in [-0.39, 0.29) is 16.3 Å². The Hall–Kier alpha value is -1.98. The smallest absolute Gasteiger partial charge is 0.243 e. The molecule has 11 heteroatoms. The Kier molecular flexibility index (Phi) is 7.94. The van der Waals surface area contributed by atoms with E-state index in [0.29, 0.717) is 23.7 Å². The number of sulfonamides is 2. The Morgan fingerprint density at radius 1 is 0.938 bits per heavy atom. The van der Waals surface area contributed by atoms with E-state index in [4.69, 9.17) is 11.6 Å². The predicted molar refractivity (Wildman–Crippen MR) is 122 cm³/mol. The summed E-state index contributed by atoms with van der Waals surface area (Å²) < 4.78 is 54.0. The van der Waals surface area contributed by atoms with Gasteiger partial charge in [0.1, 0.15) is 0 Å². The van der Waals surface area contributed by atoms with Gasteiger partial charge in [-0.1, -0.05) is 30.2 Å². The van der Waals surface area contributed by atoms with Crippen molar-refractivity contribution in [3.63, 3.8) is 0 Å². The van der Waals surface area contributed by atoms with Gasteiger partial charge in [0.25, 0.3) is 0 Å². The average Bonchev–Trinajstić information content (AvgIpc) is 2.78. The van der Waals surface area contributed by atoms with Gasteiger partial charge in [0, 0.05) is 24.7 Å². The Balaban J connectivity index is 1.56. The minimum Gasteiger partial charge on any atom is -0.351 e. The first-order valence-corrected chi connectivity index (χ1v) is 13.5. The minimum atomic E-state index is -3.88. The van der Waals surface area contributed by atoms with Crippen molar-refractivity contribution in [3.05, 3.63) is 59.1 Å². The van der Waals surface area contributed by atoms with Crippen LogP contribution in [0.15, 0.2) is 58.3 Å². The number of piperidine rings is 1. The Morgan fingerprint density at radius 3 is 2.09 bits per heavy atom. The molecule has 0 spiro atoms. The van der Waals surface area contributed by atoms with Crippen LogP contribution in [-0.2, 0) is 31.4 Å². The minimum absolute atomic E-state index is 0.00653. The van der Waals surface area contributed by atoms with Crippen molar-refractivity contribution in [1.82, 2.24) is 14.3 Å². The molecule has 0 saturated carbocycles. The van der Waals surface area contributed by atoms with E-state index in [1.54, 1.807) is 12.1 Å². The van der Waals surface area contributed by atoms with Crippen molar-refractivity contribution >= 4 is 37.6 Å². The standard InChI is InChI=1S/C21H26ClN3O5S2/c1-16(24-31(27,28)19-11-7-18(22)8-12-19)21(26)23-15-17-5-9-20(10-6-17)32(29,30)25-13-3-2-4-14-25/h5-12,16,24H,2-4,13-15H2,1H3,(H,23,26)/t16-/m0/s1. The molecule has 174 valence electrons. The van der Waals surface area contributed by atoms with Crippen LogP contribution in [0, 0.1) is 0 Å². The van der Waals surface area contributed by atoms with Crippen molar-refractivity contribution in [2.75, 3.05) is 13.1 Å². The number of carbonyl (C=O) groups excluding carboxylic acids is 1. The van der Waals surface area contributed by atoms with Gasteiger partial charge in [0.15, 0.2) is 0 Å². The first kappa shape index (κ1) is 24.7. The summed E-state index contributed by atoms with van der Waals surface area (Å²) in [5.74, 6) is -0.507. The summed E-state index contributed by atoms with van der Waals surface area (Å²) >= 11 is 5.78. The zero-order valence-electron chi connectivity index (χ0n) is 17.6. The first-order valence-electron chi connectivity index (χ1n) is 10.2. The van der Waals surface area contributed by atoms with Crippen LogP contribution in [0.4, 0.5) is 0 Å². The van der Waals surface area contributed by atoms with Crippen LogP contribution >= 0.6 is 11.6 Å². The van der Waals surface area contributed by atoms with Gasteiger partial charge in [-0.05, 0) is 61.7 Å². The van der Waals surface area contributed by atoms with E-state index < -0.39 is 32.0 Å². The third-order valence-corrected chi connectivity index (χ3v) is 8.91. The third-order valence-electron chi connectivity index (χ3n) is 5.19. The topological polar surface area (TPSA) is 113 Å². The van der Waals surface area contributed by atoms with Crippen LogP contribution in [-0.4, -0.2) is 46.2 Å². The molecule has 32 heavy (non-hydrogen) atoms. The second kappa shape index (κ2) is 10.3.